The quantitative estimate of drug-likeness (QED) is 0.837. The summed E-state index contributed by atoms with van der Waals surface area (Å²) in [4.78, 5) is 12.5. The summed E-state index contributed by atoms with van der Waals surface area (Å²) in [5, 5.41) is 3.11. The van der Waals surface area contributed by atoms with Gasteiger partial charge in [0.1, 0.15) is 0 Å². The molecular formula is C17H32N2O2. The van der Waals surface area contributed by atoms with Crippen molar-refractivity contribution in [1.82, 2.24) is 5.32 Å². The number of methoxy groups -OCH3 is 1. The van der Waals surface area contributed by atoms with Gasteiger partial charge >= 0.3 is 0 Å². The third-order valence-electron chi connectivity index (χ3n) is 5.50. The zero-order valence-electron chi connectivity index (χ0n) is 14.0. The van der Waals surface area contributed by atoms with Crippen LogP contribution in [0, 0.1) is 23.2 Å². The molecule has 0 aromatic rings. The van der Waals surface area contributed by atoms with Crippen molar-refractivity contribution in [3.05, 3.63) is 0 Å². The van der Waals surface area contributed by atoms with Gasteiger partial charge in [-0.1, -0.05) is 27.2 Å². The van der Waals surface area contributed by atoms with E-state index >= 15 is 0 Å². The highest BCUT2D eigenvalue weighted by atomic mass is 16.5. The molecule has 2 bridgehead atoms. The van der Waals surface area contributed by atoms with Crippen LogP contribution in [0.5, 0.6) is 0 Å². The third-order valence-corrected chi connectivity index (χ3v) is 5.50. The van der Waals surface area contributed by atoms with Crippen molar-refractivity contribution in [2.24, 2.45) is 28.9 Å². The van der Waals surface area contributed by atoms with E-state index in [0.29, 0.717) is 24.4 Å². The molecular weight excluding hydrogens is 264 g/mol. The number of ether oxygens (including phenoxy) is 1. The van der Waals surface area contributed by atoms with Crippen molar-refractivity contribution in [1.29, 1.82) is 0 Å². The van der Waals surface area contributed by atoms with Crippen molar-refractivity contribution in [2.45, 2.75) is 65.0 Å². The first-order chi connectivity index (χ1) is 9.82. The Labute approximate surface area is 129 Å². The summed E-state index contributed by atoms with van der Waals surface area (Å²) >= 11 is 0. The Morgan fingerprint density at radius 1 is 1.29 bits per heavy atom. The van der Waals surface area contributed by atoms with Gasteiger partial charge in [0.15, 0.2) is 0 Å². The van der Waals surface area contributed by atoms with Crippen LogP contribution in [0.3, 0.4) is 0 Å². The fourth-order valence-electron chi connectivity index (χ4n) is 4.08. The van der Waals surface area contributed by atoms with E-state index in [-0.39, 0.29) is 23.3 Å². The Bertz CT molecular complexity index is 350. The highest BCUT2D eigenvalue weighted by molar-refractivity contribution is 5.78. The molecule has 0 aliphatic heterocycles. The standard InChI is InChI=1S/C17H32N2O2/c1-17(2,3)14(21-4)10-19-16(20)13-8-11-6-5-7-12(9-13)15(11)18/h11-15H,5-10,18H2,1-4H3,(H,19,20). The van der Waals surface area contributed by atoms with Gasteiger partial charge in [-0.15, -0.1) is 0 Å². The summed E-state index contributed by atoms with van der Waals surface area (Å²) in [6, 6.07) is 0.323. The van der Waals surface area contributed by atoms with Crippen LogP contribution in [0.4, 0.5) is 0 Å². The van der Waals surface area contributed by atoms with Crippen LogP contribution in [0.25, 0.3) is 0 Å². The Kier molecular flexibility index (Phi) is 5.31. The van der Waals surface area contributed by atoms with E-state index in [1.807, 2.05) is 0 Å². The van der Waals surface area contributed by atoms with E-state index in [4.69, 9.17) is 10.5 Å². The molecule has 4 heteroatoms. The number of hydrogen-bond donors (Lipinski definition) is 2. The molecule has 1 amide bonds. The minimum atomic E-state index is 0.0352. The van der Waals surface area contributed by atoms with Crippen LogP contribution in [-0.4, -0.2) is 31.7 Å². The topological polar surface area (TPSA) is 64.3 Å². The molecule has 2 fully saturated rings. The van der Waals surface area contributed by atoms with E-state index < -0.39 is 0 Å². The summed E-state index contributed by atoms with van der Waals surface area (Å²) in [6.45, 7) is 7.00. The van der Waals surface area contributed by atoms with E-state index in [1.165, 1.54) is 19.3 Å². The molecule has 122 valence electrons. The van der Waals surface area contributed by atoms with Gasteiger partial charge in [-0.05, 0) is 42.9 Å². The van der Waals surface area contributed by atoms with Crippen LogP contribution in [0.1, 0.15) is 52.9 Å². The first-order valence-corrected chi connectivity index (χ1v) is 8.39. The van der Waals surface area contributed by atoms with Gasteiger partial charge in [-0.25, -0.2) is 0 Å². The van der Waals surface area contributed by atoms with Gasteiger partial charge in [-0.3, -0.25) is 4.79 Å². The lowest BCUT2D eigenvalue weighted by molar-refractivity contribution is -0.128. The molecule has 0 aromatic heterocycles. The molecule has 3 N–H and O–H groups in total. The maximum absolute atomic E-state index is 12.5. The summed E-state index contributed by atoms with van der Waals surface area (Å²) < 4.78 is 5.51. The van der Waals surface area contributed by atoms with Gasteiger partial charge in [0, 0.05) is 25.6 Å². The van der Waals surface area contributed by atoms with E-state index in [2.05, 4.69) is 26.1 Å². The predicted octanol–water partition coefficient (Wildman–Crippen LogP) is 2.32. The summed E-state index contributed by atoms with van der Waals surface area (Å²) in [6.07, 6.45) is 5.67. The second-order valence-electron chi connectivity index (χ2n) is 8.03. The minimum Gasteiger partial charge on any atom is -0.379 e. The van der Waals surface area contributed by atoms with Crippen LogP contribution in [-0.2, 0) is 9.53 Å². The van der Waals surface area contributed by atoms with Gasteiger partial charge in [0.2, 0.25) is 5.91 Å². The third kappa shape index (κ3) is 3.98. The maximum atomic E-state index is 12.5. The Hall–Kier alpha value is -0.610. The van der Waals surface area contributed by atoms with Crippen molar-refractivity contribution < 1.29 is 9.53 Å². The monoisotopic (exact) mass is 296 g/mol. The normalized spacial score (nSPS) is 34.3. The molecule has 3 atom stereocenters. The van der Waals surface area contributed by atoms with Gasteiger partial charge < -0.3 is 15.8 Å². The number of fused-ring (bicyclic) bond motifs is 2. The average molecular weight is 296 g/mol. The van der Waals surface area contributed by atoms with Gasteiger partial charge in [-0.2, -0.15) is 0 Å². The number of hydrogen-bond acceptors (Lipinski definition) is 3. The summed E-state index contributed by atoms with van der Waals surface area (Å²) in [5.41, 5.74) is 6.33. The van der Waals surface area contributed by atoms with Crippen molar-refractivity contribution in [3.8, 4) is 0 Å². The second-order valence-corrected chi connectivity index (χ2v) is 8.03. The molecule has 2 saturated carbocycles. The highest BCUT2D eigenvalue weighted by Gasteiger charge is 2.40. The predicted molar refractivity (Wildman–Crippen MR) is 84.8 cm³/mol. The van der Waals surface area contributed by atoms with Crippen molar-refractivity contribution in [3.63, 3.8) is 0 Å². The SMILES string of the molecule is COC(CNC(=O)C1CC2CCCC(C1)C2N)C(C)(C)C. The number of carbonyl (C=O) groups excluding carboxylic acids is 1. The molecule has 4 nitrogen and oxygen atoms in total. The molecule has 0 radical (unpaired) electrons. The number of amides is 1. The Morgan fingerprint density at radius 3 is 2.33 bits per heavy atom. The van der Waals surface area contributed by atoms with Crippen molar-refractivity contribution >= 4 is 5.91 Å². The number of carbonyl (C=O) groups is 1. The lowest BCUT2D eigenvalue weighted by atomic mass is 9.65. The van der Waals surface area contributed by atoms with E-state index in [1.54, 1.807) is 7.11 Å². The fraction of sp³-hybridized carbons (Fsp3) is 0.941. The van der Waals surface area contributed by atoms with Crippen LogP contribution >= 0.6 is 0 Å². The molecule has 21 heavy (non-hydrogen) atoms. The second kappa shape index (κ2) is 6.66. The highest BCUT2D eigenvalue weighted by Crippen LogP contribution is 2.41. The Balaban J connectivity index is 1.87. The Morgan fingerprint density at radius 2 is 1.86 bits per heavy atom. The summed E-state index contributed by atoms with van der Waals surface area (Å²) in [5.74, 6) is 1.45. The lowest BCUT2D eigenvalue weighted by Crippen LogP contribution is -2.50. The fourth-order valence-corrected chi connectivity index (χ4v) is 4.08. The minimum absolute atomic E-state index is 0.0352. The number of rotatable bonds is 4. The first kappa shape index (κ1) is 16.8. The first-order valence-electron chi connectivity index (χ1n) is 8.39. The van der Waals surface area contributed by atoms with E-state index in [0.717, 1.165) is 12.8 Å². The van der Waals surface area contributed by atoms with Crippen LogP contribution < -0.4 is 11.1 Å². The number of nitrogens with two attached hydrogens (primary N) is 1. The van der Waals surface area contributed by atoms with Crippen LogP contribution in [0.2, 0.25) is 0 Å². The molecule has 3 unspecified atom stereocenters. The van der Waals surface area contributed by atoms with Crippen LogP contribution in [0.15, 0.2) is 0 Å². The smallest absolute Gasteiger partial charge is 0.223 e. The molecule has 2 aliphatic rings. The van der Waals surface area contributed by atoms with E-state index in [9.17, 15) is 4.79 Å². The largest absolute Gasteiger partial charge is 0.379 e. The molecule has 2 aliphatic carbocycles. The lowest BCUT2D eigenvalue weighted by Gasteiger charge is -2.43. The summed E-state index contributed by atoms with van der Waals surface area (Å²) in [7, 11) is 1.71. The number of nitrogens with one attached hydrogen (secondary N) is 1. The zero-order chi connectivity index (χ0) is 15.6. The van der Waals surface area contributed by atoms with Crippen molar-refractivity contribution in [2.75, 3.05) is 13.7 Å². The molecule has 0 aromatic carbocycles. The molecule has 0 spiro atoms. The molecule has 2 rings (SSSR count). The van der Waals surface area contributed by atoms with Gasteiger partial charge in [0.05, 0.1) is 6.10 Å². The molecule has 0 saturated heterocycles. The van der Waals surface area contributed by atoms with Gasteiger partial charge in [0.25, 0.3) is 0 Å². The maximum Gasteiger partial charge on any atom is 0.223 e. The average Bonchev–Trinajstić information content (AvgIpc) is 2.37. The molecule has 0 heterocycles. The zero-order valence-corrected chi connectivity index (χ0v) is 14.0.